The van der Waals surface area contributed by atoms with Crippen molar-refractivity contribution in [2.75, 3.05) is 24.5 Å². The van der Waals surface area contributed by atoms with Crippen molar-refractivity contribution < 1.29 is 18.0 Å². The zero-order valence-electron chi connectivity index (χ0n) is 14.4. The molecule has 1 aromatic carbocycles. The summed E-state index contributed by atoms with van der Waals surface area (Å²) in [5.74, 6) is -0.227. The molecule has 0 radical (unpaired) electrons. The van der Waals surface area contributed by atoms with Crippen LogP contribution in [0.25, 0.3) is 5.78 Å². The Morgan fingerprint density at radius 1 is 1.14 bits per heavy atom. The average Bonchev–Trinajstić information content (AvgIpc) is 3.12. The number of carbonyl (C=O) groups is 1. The van der Waals surface area contributed by atoms with Crippen LogP contribution < -0.4 is 4.90 Å². The zero-order chi connectivity index (χ0) is 19.9. The number of amides is 1. The number of nitrogens with zero attached hydrogens (tertiary/aromatic N) is 6. The largest absolute Gasteiger partial charge is 0.433 e. The van der Waals surface area contributed by atoms with Crippen LogP contribution in [0, 0.1) is 0 Å². The Hall–Kier alpha value is -2.88. The van der Waals surface area contributed by atoms with Gasteiger partial charge in [0.05, 0.1) is 6.54 Å². The van der Waals surface area contributed by atoms with E-state index in [9.17, 15) is 18.0 Å². The summed E-state index contributed by atoms with van der Waals surface area (Å²) in [6.07, 6.45) is -3.49. The van der Waals surface area contributed by atoms with Crippen LogP contribution in [0.2, 0.25) is 5.02 Å². The van der Waals surface area contributed by atoms with Crippen molar-refractivity contribution in [2.24, 2.45) is 0 Å². The van der Waals surface area contributed by atoms with Crippen molar-refractivity contribution >= 4 is 29.1 Å². The van der Waals surface area contributed by atoms with Crippen LogP contribution in [0.4, 0.5) is 19.0 Å². The molecule has 1 saturated heterocycles. The maximum Gasteiger partial charge on any atom is 0.433 e. The molecule has 1 aliphatic heterocycles. The lowest BCUT2D eigenvalue weighted by atomic mass is 10.2. The Morgan fingerprint density at radius 3 is 2.57 bits per heavy atom. The number of hydrogen-bond donors (Lipinski definition) is 0. The van der Waals surface area contributed by atoms with Crippen molar-refractivity contribution in [3.05, 3.63) is 52.9 Å². The average molecular weight is 411 g/mol. The summed E-state index contributed by atoms with van der Waals surface area (Å²) in [7, 11) is 0. The van der Waals surface area contributed by atoms with Gasteiger partial charge in [-0.1, -0.05) is 23.7 Å². The highest BCUT2D eigenvalue weighted by Gasteiger charge is 2.35. The number of benzene rings is 1. The normalized spacial score (nSPS) is 15.5. The summed E-state index contributed by atoms with van der Waals surface area (Å²) < 4.78 is 40.7. The van der Waals surface area contributed by atoms with E-state index >= 15 is 0 Å². The number of piperazine rings is 1. The van der Waals surface area contributed by atoms with Gasteiger partial charge in [0.25, 0.3) is 5.78 Å². The van der Waals surface area contributed by atoms with Gasteiger partial charge in [0.2, 0.25) is 5.91 Å². The fourth-order valence-electron chi connectivity index (χ4n) is 3.05. The van der Waals surface area contributed by atoms with Crippen molar-refractivity contribution in [3.63, 3.8) is 0 Å². The topological polar surface area (TPSA) is 66.6 Å². The van der Waals surface area contributed by atoms with Gasteiger partial charge in [0, 0.05) is 30.7 Å². The quantitative estimate of drug-likeness (QED) is 0.664. The molecule has 1 amide bonds. The van der Waals surface area contributed by atoms with Crippen LogP contribution in [0.15, 0.2) is 36.7 Å². The van der Waals surface area contributed by atoms with E-state index in [1.807, 2.05) is 12.1 Å². The van der Waals surface area contributed by atoms with E-state index in [-0.39, 0.29) is 24.0 Å². The van der Waals surface area contributed by atoms with Gasteiger partial charge in [0.1, 0.15) is 12.1 Å². The first-order valence-electron chi connectivity index (χ1n) is 8.36. The van der Waals surface area contributed by atoms with Gasteiger partial charge in [-0.05, 0) is 17.7 Å². The van der Waals surface area contributed by atoms with E-state index in [0.717, 1.165) is 18.0 Å². The third-order valence-electron chi connectivity index (χ3n) is 4.45. The monoisotopic (exact) mass is 410 g/mol. The van der Waals surface area contributed by atoms with Gasteiger partial charge in [-0.25, -0.2) is 4.98 Å². The van der Waals surface area contributed by atoms with E-state index in [0.29, 0.717) is 24.7 Å². The minimum Gasteiger partial charge on any atom is -0.345 e. The lowest BCUT2D eigenvalue weighted by Crippen LogP contribution is -2.50. The van der Waals surface area contributed by atoms with Crippen LogP contribution in [-0.4, -0.2) is 50.0 Å². The van der Waals surface area contributed by atoms with E-state index in [1.165, 1.54) is 4.52 Å². The lowest BCUT2D eigenvalue weighted by Gasteiger charge is -2.35. The van der Waals surface area contributed by atoms with Gasteiger partial charge in [-0.3, -0.25) is 4.79 Å². The molecule has 2 aromatic heterocycles. The van der Waals surface area contributed by atoms with Crippen LogP contribution >= 0.6 is 11.6 Å². The maximum absolute atomic E-state index is 13.2. The number of halogens is 4. The van der Waals surface area contributed by atoms with Crippen LogP contribution in [-0.2, 0) is 17.5 Å². The molecule has 0 unspecified atom stereocenters. The van der Waals surface area contributed by atoms with E-state index < -0.39 is 11.9 Å². The summed E-state index contributed by atoms with van der Waals surface area (Å²) in [6, 6.07) is 8.05. The standard InChI is InChI=1S/C17H14ClF3N6O/c18-12-3-1-11(2-4-12)8-26-6-5-25(9-15(26)28)14-7-13(17(19,20)21)24-16-22-10-23-27(14)16/h1-4,7,10H,5-6,8-9H2. The van der Waals surface area contributed by atoms with Gasteiger partial charge in [-0.2, -0.15) is 27.8 Å². The van der Waals surface area contributed by atoms with Crippen LogP contribution in [0.3, 0.4) is 0 Å². The Bertz CT molecular complexity index is 1020. The Morgan fingerprint density at radius 2 is 1.89 bits per heavy atom. The highest BCUT2D eigenvalue weighted by atomic mass is 35.5. The van der Waals surface area contributed by atoms with Gasteiger partial charge in [0.15, 0.2) is 5.69 Å². The number of alkyl halides is 3. The molecule has 4 rings (SSSR count). The number of rotatable bonds is 3. The number of fused-ring (bicyclic) bond motifs is 1. The number of hydrogen-bond acceptors (Lipinski definition) is 5. The highest BCUT2D eigenvalue weighted by molar-refractivity contribution is 6.30. The van der Waals surface area contributed by atoms with Crippen molar-refractivity contribution in [3.8, 4) is 0 Å². The first-order valence-corrected chi connectivity index (χ1v) is 8.74. The molecule has 11 heteroatoms. The number of aromatic nitrogens is 4. The molecule has 3 aromatic rings. The molecule has 0 atom stereocenters. The Kier molecular flexibility index (Phi) is 4.58. The number of anilines is 1. The molecule has 0 N–H and O–H groups in total. The SMILES string of the molecule is O=C1CN(c2cc(C(F)(F)F)nc3ncnn23)CCN1Cc1ccc(Cl)cc1. The summed E-state index contributed by atoms with van der Waals surface area (Å²) in [4.78, 5) is 23.0. The molecule has 1 fully saturated rings. The molecule has 0 saturated carbocycles. The molecular weight excluding hydrogens is 397 g/mol. The molecule has 0 spiro atoms. The first kappa shape index (κ1) is 18.5. The van der Waals surface area contributed by atoms with E-state index in [1.54, 1.807) is 21.9 Å². The van der Waals surface area contributed by atoms with Gasteiger partial charge in [-0.15, -0.1) is 0 Å². The predicted molar refractivity (Wildman–Crippen MR) is 94.9 cm³/mol. The third-order valence-corrected chi connectivity index (χ3v) is 4.70. The minimum absolute atomic E-state index is 0.0656. The lowest BCUT2D eigenvalue weighted by molar-refractivity contribution is -0.141. The number of carbonyl (C=O) groups excluding carboxylic acids is 1. The summed E-state index contributed by atoms with van der Waals surface area (Å²) in [5, 5.41) is 4.54. The summed E-state index contributed by atoms with van der Waals surface area (Å²) >= 11 is 5.87. The fourth-order valence-corrected chi connectivity index (χ4v) is 3.17. The minimum atomic E-state index is -4.62. The van der Waals surface area contributed by atoms with Crippen molar-refractivity contribution in [2.45, 2.75) is 12.7 Å². The van der Waals surface area contributed by atoms with Gasteiger partial charge < -0.3 is 9.80 Å². The second kappa shape index (κ2) is 6.93. The first-order chi connectivity index (χ1) is 13.3. The van der Waals surface area contributed by atoms with Crippen molar-refractivity contribution in [1.82, 2.24) is 24.5 Å². The van der Waals surface area contributed by atoms with E-state index in [4.69, 9.17) is 11.6 Å². The molecular formula is C17H14ClF3N6O. The van der Waals surface area contributed by atoms with Crippen LogP contribution in [0.1, 0.15) is 11.3 Å². The molecule has 0 bridgehead atoms. The Balaban J connectivity index is 1.56. The molecule has 146 valence electrons. The highest BCUT2D eigenvalue weighted by Crippen LogP contribution is 2.31. The molecule has 28 heavy (non-hydrogen) atoms. The summed E-state index contributed by atoms with van der Waals surface area (Å²) in [5.41, 5.74) is -0.146. The smallest absolute Gasteiger partial charge is 0.345 e. The molecule has 3 heterocycles. The van der Waals surface area contributed by atoms with Crippen molar-refractivity contribution in [1.29, 1.82) is 0 Å². The summed E-state index contributed by atoms with van der Waals surface area (Å²) in [6.45, 7) is 1.06. The molecule has 7 nitrogen and oxygen atoms in total. The molecule has 0 aliphatic carbocycles. The third kappa shape index (κ3) is 3.59. The zero-order valence-corrected chi connectivity index (χ0v) is 15.2. The van der Waals surface area contributed by atoms with Gasteiger partial charge >= 0.3 is 6.18 Å². The second-order valence-corrected chi connectivity index (χ2v) is 6.77. The van der Waals surface area contributed by atoms with Crippen LogP contribution in [0.5, 0.6) is 0 Å². The van der Waals surface area contributed by atoms with E-state index in [2.05, 4.69) is 15.1 Å². The second-order valence-electron chi connectivity index (χ2n) is 6.33. The molecule has 1 aliphatic rings. The predicted octanol–water partition coefficient (Wildman–Crippen LogP) is 2.65. The maximum atomic E-state index is 13.2. The Labute approximate surface area is 162 Å². The fraction of sp³-hybridized carbons (Fsp3) is 0.294.